The standard InChI is InChI=1S/C22H27N5O2.2ClH/c1-15-12-16(2)21(24-13-15)25-8-10-26(11-9-25)22(29)18-5-6-19(23-14-18)27-17(3)4-7-20(27)28;;/h5-6,12-14,17H,4,7-11H2,1-3H3;2*1H/t17-;;/m1../s1. The zero-order valence-corrected chi connectivity index (χ0v) is 19.7. The minimum absolute atomic E-state index is 0. The molecule has 2 aliphatic heterocycles. The van der Waals surface area contributed by atoms with Crippen LogP contribution in [0.4, 0.5) is 11.6 Å². The number of pyridine rings is 2. The van der Waals surface area contributed by atoms with Gasteiger partial charge in [0, 0.05) is 51.0 Å². The highest BCUT2D eigenvalue weighted by atomic mass is 35.5. The molecule has 2 aliphatic rings. The third-order valence-electron chi connectivity index (χ3n) is 5.78. The fourth-order valence-corrected chi connectivity index (χ4v) is 4.18. The second kappa shape index (κ2) is 10.3. The summed E-state index contributed by atoms with van der Waals surface area (Å²) in [6, 6.07) is 5.85. The first-order valence-corrected chi connectivity index (χ1v) is 10.2. The van der Waals surface area contributed by atoms with Crippen LogP contribution in [0.15, 0.2) is 30.6 Å². The van der Waals surface area contributed by atoms with Gasteiger partial charge in [-0.25, -0.2) is 9.97 Å². The van der Waals surface area contributed by atoms with E-state index in [-0.39, 0.29) is 42.7 Å². The number of aryl methyl sites for hydroxylation is 2. The fraction of sp³-hybridized carbons (Fsp3) is 0.455. The van der Waals surface area contributed by atoms with Gasteiger partial charge in [0.05, 0.1) is 5.56 Å². The lowest BCUT2D eigenvalue weighted by Crippen LogP contribution is -2.49. The van der Waals surface area contributed by atoms with Crippen LogP contribution >= 0.6 is 24.8 Å². The first-order chi connectivity index (χ1) is 13.9. The topological polar surface area (TPSA) is 69.6 Å². The summed E-state index contributed by atoms with van der Waals surface area (Å²) in [4.78, 5) is 39.7. The van der Waals surface area contributed by atoms with Gasteiger partial charge in [-0.2, -0.15) is 0 Å². The summed E-state index contributed by atoms with van der Waals surface area (Å²) >= 11 is 0. The Labute approximate surface area is 195 Å². The predicted octanol–water partition coefficient (Wildman–Crippen LogP) is 3.41. The Hall–Kier alpha value is -2.38. The lowest BCUT2D eigenvalue weighted by molar-refractivity contribution is -0.117. The van der Waals surface area contributed by atoms with Gasteiger partial charge in [0.2, 0.25) is 5.91 Å². The van der Waals surface area contributed by atoms with Gasteiger partial charge in [-0.3, -0.25) is 14.5 Å². The zero-order valence-electron chi connectivity index (χ0n) is 18.1. The first kappa shape index (κ1) is 24.9. The average Bonchev–Trinajstić information content (AvgIpc) is 3.06. The number of amides is 2. The molecule has 0 aliphatic carbocycles. The Morgan fingerprint density at radius 3 is 2.29 bits per heavy atom. The number of aromatic nitrogens is 2. The third-order valence-corrected chi connectivity index (χ3v) is 5.78. The van der Waals surface area contributed by atoms with Gasteiger partial charge in [-0.15, -0.1) is 24.8 Å². The van der Waals surface area contributed by atoms with Crippen LogP contribution < -0.4 is 9.80 Å². The molecule has 4 heterocycles. The molecule has 2 saturated heterocycles. The van der Waals surface area contributed by atoms with Gasteiger partial charge in [-0.1, -0.05) is 6.07 Å². The predicted molar refractivity (Wildman–Crippen MR) is 127 cm³/mol. The second-order valence-corrected chi connectivity index (χ2v) is 7.99. The van der Waals surface area contributed by atoms with E-state index in [1.807, 2.05) is 24.9 Å². The molecule has 0 saturated carbocycles. The maximum atomic E-state index is 12.9. The molecule has 2 aromatic heterocycles. The van der Waals surface area contributed by atoms with E-state index in [0.29, 0.717) is 30.9 Å². The van der Waals surface area contributed by atoms with Gasteiger partial charge in [0.25, 0.3) is 5.91 Å². The number of carbonyl (C=O) groups excluding carboxylic acids is 2. The molecule has 0 radical (unpaired) electrons. The molecule has 2 aromatic rings. The van der Waals surface area contributed by atoms with Crippen molar-refractivity contribution in [3.63, 3.8) is 0 Å². The number of carbonyl (C=O) groups is 2. The summed E-state index contributed by atoms with van der Waals surface area (Å²) in [6.07, 6.45) is 4.89. The number of hydrogen-bond acceptors (Lipinski definition) is 5. The van der Waals surface area contributed by atoms with Gasteiger partial charge >= 0.3 is 0 Å². The molecule has 1 atom stereocenters. The van der Waals surface area contributed by atoms with Crippen molar-refractivity contribution in [1.82, 2.24) is 14.9 Å². The quantitative estimate of drug-likeness (QED) is 0.694. The molecule has 0 spiro atoms. The van der Waals surface area contributed by atoms with Crippen LogP contribution in [0.3, 0.4) is 0 Å². The average molecular weight is 466 g/mol. The summed E-state index contributed by atoms with van der Waals surface area (Å²) in [5.74, 6) is 1.71. The van der Waals surface area contributed by atoms with Crippen LogP contribution in [0.25, 0.3) is 0 Å². The van der Waals surface area contributed by atoms with Crippen LogP contribution in [0.1, 0.15) is 41.3 Å². The Bertz CT molecular complexity index is 930. The molecule has 4 rings (SSSR count). The van der Waals surface area contributed by atoms with Crippen molar-refractivity contribution in [2.45, 2.75) is 39.7 Å². The maximum Gasteiger partial charge on any atom is 0.255 e. The summed E-state index contributed by atoms with van der Waals surface area (Å²) in [5, 5.41) is 0. The summed E-state index contributed by atoms with van der Waals surface area (Å²) in [5.41, 5.74) is 2.88. The molecule has 0 N–H and O–H groups in total. The van der Waals surface area contributed by atoms with Crippen molar-refractivity contribution >= 4 is 48.3 Å². The Morgan fingerprint density at radius 1 is 1.03 bits per heavy atom. The van der Waals surface area contributed by atoms with Crippen molar-refractivity contribution in [3.8, 4) is 0 Å². The highest BCUT2D eigenvalue weighted by Crippen LogP contribution is 2.25. The fourth-order valence-electron chi connectivity index (χ4n) is 4.18. The van der Waals surface area contributed by atoms with Gasteiger partial charge in [0.1, 0.15) is 11.6 Å². The molecule has 168 valence electrons. The second-order valence-electron chi connectivity index (χ2n) is 7.99. The van der Waals surface area contributed by atoms with Crippen LogP contribution in [0.2, 0.25) is 0 Å². The molecule has 2 amide bonds. The molecule has 9 heteroatoms. The monoisotopic (exact) mass is 465 g/mol. The minimum atomic E-state index is -0.0157. The van der Waals surface area contributed by atoms with Crippen LogP contribution in [-0.4, -0.2) is 58.9 Å². The van der Waals surface area contributed by atoms with E-state index in [1.54, 1.807) is 23.2 Å². The van der Waals surface area contributed by atoms with E-state index in [2.05, 4.69) is 27.9 Å². The summed E-state index contributed by atoms with van der Waals surface area (Å²) in [7, 11) is 0. The molecule has 31 heavy (non-hydrogen) atoms. The van der Waals surface area contributed by atoms with Crippen LogP contribution in [-0.2, 0) is 4.79 Å². The van der Waals surface area contributed by atoms with E-state index in [0.717, 1.165) is 36.5 Å². The molecule has 0 bridgehead atoms. The molecule has 2 fully saturated rings. The van der Waals surface area contributed by atoms with Gasteiger partial charge in [-0.05, 0) is 50.5 Å². The van der Waals surface area contributed by atoms with Crippen molar-refractivity contribution < 1.29 is 9.59 Å². The van der Waals surface area contributed by atoms with Crippen LogP contribution in [0, 0.1) is 13.8 Å². The minimum Gasteiger partial charge on any atom is -0.353 e. The van der Waals surface area contributed by atoms with E-state index < -0.39 is 0 Å². The summed E-state index contributed by atoms with van der Waals surface area (Å²) in [6.45, 7) is 8.96. The molecule has 0 unspecified atom stereocenters. The highest BCUT2D eigenvalue weighted by molar-refractivity contribution is 5.97. The van der Waals surface area contributed by atoms with Crippen molar-refractivity contribution in [2.24, 2.45) is 0 Å². The Kier molecular flexibility index (Phi) is 8.26. The summed E-state index contributed by atoms with van der Waals surface area (Å²) < 4.78 is 0. The Balaban J connectivity index is 0.00000171. The van der Waals surface area contributed by atoms with Crippen molar-refractivity contribution in [2.75, 3.05) is 36.0 Å². The lowest BCUT2D eigenvalue weighted by Gasteiger charge is -2.36. The largest absolute Gasteiger partial charge is 0.353 e. The number of rotatable bonds is 3. The third kappa shape index (κ3) is 5.10. The smallest absolute Gasteiger partial charge is 0.255 e. The number of halogens is 2. The van der Waals surface area contributed by atoms with Crippen LogP contribution in [0.5, 0.6) is 0 Å². The normalized spacial score (nSPS) is 18.5. The highest BCUT2D eigenvalue weighted by Gasteiger charge is 2.30. The van der Waals surface area contributed by atoms with E-state index in [1.165, 1.54) is 0 Å². The molecular weight excluding hydrogens is 437 g/mol. The maximum absolute atomic E-state index is 12.9. The number of hydrogen-bond donors (Lipinski definition) is 0. The van der Waals surface area contributed by atoms with Crippen molar-refractivity contribution in [3.05, 3.63) is 47.3 Å². The van der Waals surface area contributed by atoms with Crippen molar-refractivity contribution in [1.29, 1.82) is 0 Å². The SMILES string of the molecule is Cc1cnc(N2CCN(C(=O)c3ccc(N4C(=O)CC[C@H]4C)nc3)CC2)c(C)c1.Cl.Cl. The molecule has 0 aromatic carbocycles. The lowest BCUT2D eigenvalue weighted by atomic mass is 10.2. The van der Waals surface area contributed by atoms with E-state index in [4.69, 9.17) is 0 Å². The van der Waals surface area contributed by atoms with Gasteiger partial charge < -0.3 is 9.80 Å². The molecular formula is C22H29Cl2N5O2. The van der Waals surface area contributed by atoms with Gasteiger partial charge in [0.15, 0.2) is 0 Å². The number of nitrogens with zero attached hydrogens (tertiary/aromatic N) is 5. The molecule has 7 nitrogen and oxygen atoms in total. The van der Waals surface area contributed by atoms with E-state index in [9.17, 15) is 9.59 Å². The number of piperazine rings is 1. The zero-order chi connectivity index (χ0) is 20.5. The number of anilines is 2. The van der Waals surface area contributed by atoms with E-state index >= 15 is 0 Å². The Morgan fingerprint density at radius 2 is 1.74 bits per heavy atom. The first-order valence-electron chi connectivity index (χ1n) is 10.2.